The van der Waals surface area contributed by atoms with E-state index in [9.17, 15) is 13.3 Å². The van der Waals surface area contributed by atoms with E-state index in [-0.39, 0.29) is 4.47 Å². The number of alkyl halides is 3. The van der Waals surface area contributed by atoms with Crippen LogP contribution in [0.5, 0.6) is 0 Å². The van der Waals surface area contributed by atoms with Crippen LogP contribution in [-0.4, -0.2) is 0 Å². The van der Waals surface area contributed by atoms with E-state index in [2.05, 4.69) is 41.4 Å². The molecule has 0 saturated carbocycles. The SMILES string of the molecule is O=POOC(F)(F)c1ccc(CBr)cc1Br. The Labute approximate surface area is 109 Å². The van der Waals surface area contributed by atoms with Gasteiger partial charge in [-0.15, -0.1) is 9.56 Å². The molecule has 1 aromatic rings. The van der Waals surface area contributed by atoms with E-state index in [0.29, 0.717) is 5.33 Å². The Morgan fingerprint density at radius 1 is 1.44 bits per heavy atom. The van der Waals surface area contributed by atoms with Crippen molar-refractivity contribution in [3.05, 3.63) is 33.8 Å². The summed E-state index contributed by atoms with van der Waals surface area (Å²) in [5.41, 5.74) is 0.426. The predicted octanol–water partition coefficient (Wildman–Crippen LogP) is 4.55. The second-order valence-corrected chi connectivity index (χ2v) is 4.41. The zero-order valence-electron chi connectivity index (χ0n) is 7.62. The Hall–Kier alpha value is 0.0600. The molecule has 0 radical (unpaired) electrons. The van der Waals surface area contributed by atoms with E-state index in [1.165, 1.54) is 18.2 Å². The molecule has 0 N–H and O–H groups in total. The molecule has 88 valence electrons. The van der Waals surface area contributed by atoms with Crippen molar-refractivity contribution < 1.29 is 22.9 Å². The van der Waals surface area contributed by atoms with Gasteiger partial charge in [-0.25, -0.2) is 4.57 Å². The van der Waals surface area contributed by atoms with Crippen molar-refractivity contribution in [1.29, 1.82) is 0 Å². The first-order valence-electron chi connectivity index (χ1n) is 3.91. The largest absolute Gasteiger partial charge is 0.410 e. The highest BCUT2D eigenvalue weighted by Crippen LogP contribution is 2.36. The van der Waals surface area contributed by atoms with Crippen molar-refractivity contribution in [2.24, 2.45) is 0 Å². The third kappa shape index (κ3) is 3.53. The van der Waals surface area contributed by atoms with E-state index in [1.807, 2.05) is 0 Å². The van der Waals surface area contributed by atoms with Gasteiger partial charge in [-0.2, -0.15) is 8.78 Å². The minimum Gasteiger partial charge on any atom is -0.238 e. The first-order valence-corrected chi connectivity index (χ1v) is 6.56. The molecule has 0 aliphatic rings. The summed E-state index contributed by atoms with van der Waals surface area (Å²) in [7, 11) is -0.971. The molecule has 0 aromatic heterocycles. The fourth-order valence-electron chi connectivity index (χ4n) is 0.985. The summed E-state index contributed by atoms with van der Waals surface area (Å²) in [5.74, 6) is 0. The standard InChI is InChI=1S/C8H5Br2F2O3P/c9-4-5-1-2-6(7(10)3-5)8(11,12)14-15-16-13/h1-3H,4H2. The van der Waals surface area contributed by atoms with E-state index in [0.717, 1.165) is 5.56 Å². The number of hydrogen-bond donors (Lipinski definition) is 0. The Morgan fingerprint density at radius 3 is 2.62 bits per heavy atom. The fourth-order valence-corrected chi connectivity index (χ4v) is 2.11. The van der Waals surface area contributed by atoms with Gasteiger partial charge in [0, 0.05) is 9.80 Å². The van der Waals surface area contributed by atoms with Crippen LogP contribution in [0.1, 0.15) is 11.1 Å². The summed E-state index contributed by atoms with van der Waals surface area (Å²) in [6.07, 6.45) is -3.67. The molecule has 1 aromatic carbocycles. The summed E-state index contributed by atoms with van der Waals surface area (Å²) >= 11 is 6.20. The van der Waals surface area contributed by atoms with Crippen LogP contribution in [0.15, 0.2) is 22.7 Å². The van der Waals surface area contributed by atoms with Gasteiger partial charge in [0.2, 0.25) is 0 Å². The molecule has 0 unspecified atom stereocenters. The molecule has 3 nitrogen and oxygen atoms in total. The summed E-state index contributed by atoms with van der Waals surface area (Å²) in [4.78, 5) is 3.72. The highest BCUT2D eigenvalue weighted by molar-refractivity contribution is 9.10. The summed E-state index contributed by atoms with van der Waals surface area (Å²) in [6.45, 7) is 0. The fraction of sp³-hybridized carbons (Fsp3) is 0.250. The van der Waals surface area contributed by atoms with Crippen LogP contribution >= 0.6 is 40.5 Å². The van der Waals surface area contributed by atoms with E-state index in [1.54, 1.807) is 0 Å². The Balaban J connectivity index is 2.98. The highest BCUT2D eigenvalue weighted by Gasteiger charge is 2.37. The average Bonchev–Trinajstić information content (AvgIpc) is 2.25. The predicted molar refractivity (Wildman–Crippen MR) is 60.4 cm³/mol. The highest BCUT2D eigenvalue weighted by atomic mass is 79.9. The van der Waals surface area contributed by atoms with Gasteiger partial charge < -0.3 is 0 Å². The quantitative estimate of drug-likeness (QED) is 0.327. The van der Waals surface area contributed by atoms with Crippen molar-refractivity contribution >= 4 is 40.5 Å². The molecule has 0 bridgehead atoms. The Morgan fingerprint density at radius 2 is 2.12 bits per heavy atom. The van der Waals surface area contributed by atoms with Crippen LogP contribution in [-0.2, 0) is 25.6 Å². The van der Waals surface area contributed by atoms with Crippen LogP contribution in [0.4, 0.5) is 8.78 Å². The molecule has 0 amide bonds. The minimum absolute atomic E-state index is 0.181. The van der Waals surface area contributed by atoms with Gasteiger partial charge in [0.1, 0.15) is 0 Å². The number of rotatable bonds is 5. The van der Waals surface area contributed by atoms with E-state index in [4.69, 9.17) is 0 Å². The van der Waals surface area contributed by atoms with Crippen LogP contribution in [0.2, 0.25) is 0 Å². The van der Waals surface area contributed by atoms with Crippen LogP contribution in [0, 0.1) is 0 Å². The monoisotopic (exact) mass is 376 g/mol. The Bertz CT molecular complexity index is 390. The summed E-state index contributed by atoms with van der Waals surface area (Å²) < 4.78 is 40.4. The molecule has 0 saturated heterocycles. The summed E-state index contributed by atoms with van der Waals surface area (Å²) in [5, 5.41) is 0.550. The van der Waals surface area contributed by atoms with Crippen molar-refractivity contribution in [1.82, 2.24) is 0 Å². The topological polar surface area (TPSA) is 35.5 Å². The third-order valence-electron chi connectivity index (χ3n) is 1.67. The summed E-state index contributed by atoms with van der Waals surface area (Å²) in [6, 6.07) is 4.24. The minimum atomic E-state index is -3.67. The lowest BCUT2D eigenvalue weighted by atomic mass is 10.1. The Kier molecular flexibility index (Phi) is 5.40. The van der Waals surface area contributed by atoms with Gasteiger partial charge in [-0.3, -0.25) is 0 Å². The number of halogens is 4. The van der Waals surface area contributed by atoms with Gasteiger partial charge >= 0.3 is 14.8 Å². The van der Waals surface area contributed by atoms with Gasteiger partial charge in [0.25, 0.3) is 0 Å². The van der Waals surface area contributed by atoms with Gasteiger partial charge in [0.05, 0.1) is 5.56 Å². The van der Waals surface area contributed by atoms with Crippen molar-refractivity contribution in [2.75, 3.05) is 0 Å². The lowest BCUT2D eigenvalue weighted by molar-refractivity contribution is -0.397. The van der Waals surface area contributed by atoms with Crippen LogP contribution < -0.4 is 0 Å². The number of hydrogen-bond acceptors (Lipinski definition) is 3. The maximum Gasteiger partial charge on any atom is 0.410 e. The van der Waals surface area contributed by atoms with Crippen LogP contribution in [0.3, 0.4) is 0 Å². The van der Waals surface area contributed by atoms with E-state index >= 15 is 0 Å². The van der Waals surface area contributed by atoms with Crippen molar-refractivity contribution in [3.8, 4) is 0 Å². The molecule has 0 atom stereocenters. The molecule has 16 heavy (non-hydrogen) atoms. The molecule has 8 heteroatoms. The van der Waals surface area contributed by atoms with E-state index < -0.39 is 20.4 Å². The zero-order valence-corrected chi connectivity index (χ0v) is 11.7. The normalized spacial score (nSPS) is 12.0. The zero-order chi connectivity index (χ0) is 12.2. The molecule has 0 fully saturated rings. The third-order valence-corrected chi connectivity index (χ3v) is 3.11. The van der Waals surface area contributed by atoms with Gasteiger partial charge in [-0.1, -0.05) is 37.9 Å². The second kappa shape index (κ2) is 6.12. The molecule has 0 heterocycles. The first kappa shape index (κ1) is 14.1. The second-order valence-electron chi connectivity index (χ2n) is 2.70. The maximum atomic E-state index is 13.3. The molecule has 1 rings (SSSR count). The molecule has 0 spiro atoms. The maximum absolute atomic E-state index is 13.3. The van der Waals surface area contributed by atoms with Crippen LogP contribution in [0.25, 0.3) is 0 Å². The first-order chi connectivity index (χ1) is 7.51. The number of benzene rings is 1. The van der Waals surface area contributed by atoms with Gasteiger partial charge in [0.15, 0.2) is 0 Å². The van der Waals surface area contributed by atoms with Crippen molar-refractivity contribution in [3.63, 3.8) is 0 Å². The lowest BCUT2D eigenvalue weighted by Crippen LogP contribution is -2.17. The van der Waals surface area contributed by atoms with Gasteiger partial charge in [-0.05, 0) is 17.7 Å². The average molecular weight is 378 g/mol. The lowest BCUT2D eigenvalue weighted by Gasteiger charge is -2.15. The smallest absolute Gasteiger partial charge is 0.238 e. The molecule has 0 aliphatic heterocycles. The van der Waals surface area contributed by atoms with Crippen molar-refractivity contribution in [2.45, 2.75) is 11.4 Å². The molecular formula is C8H5Br2F2O3P. The molecule has 0 aliphatic carbocycles. The molecular weight excluding hydrogens is 373 g/mol.